The molecular formula is C18H16OS2. The summed E-state index contributed by atoms with van der Waals surface area (Å²) in [6.45, 7) is 0. The average molecular weight is 312 g/mol. The van der Waals surface area contributed by atoms with Crippen molar-refractivity contribution in [3.05, 3.63) is 91.0 Å². The smallest absolute Gasteiger partial charge is 0.115 e. The van der Waals surface area contributed by atoms with E-state index in [1.807, 2.05) is 18.2 Å². The van der Waals surface area contributed by atoms with Gasteiger partial charge < -0.3 is 5.11 Å². The van der Waals surface area contributed by atoms with E-state index in [2.05, 4.69) is 48.5 Å². The number of phenolic OH excluding ortho intramolecular Hbond substituents is 1. The van der Waals surface area contributed by atoms with Crippen molar-refractivity contribution in [2.75, 3.05) is 0 Å². The zero-order valence-corrected chi connectivity index (χ0v) is 13.1. The number of rotatable bonds is 3. The van der Waals surface area contributed by atoms with E-state index in [4.69, 9.17) is 5.11 Å². The van der Waals surface area contributed by atoms with Crippen molar-refractivity contribution in [1.82, 2.24) is 0 Å². The molecule has 0 amide bonds. The quantitative estimate of drug-likeness (QED) is 0.610. The van der Waals surface area contributed by atoms with Crippen LogP contribution in [0.2, 0.25) is 0 Å². The van der Waals surface area contributed by atoms with Crippen LogP contribution in [0.5, 0.6) is 5.75 Å². The van der Waals surface area contributed by atoms with E-state index in [0.29, 0.717) is 5.75 Å². The van der Waals surface area contributed by atoms with Gasteiger partial charge in [0.15, 0.2) is 0 Å². The molecule has 3 aromatic carbocycles. The second-order valence-electron chi connectivity index (χ2n) is 4.13. The van der Waals surface area contributed by atoms with Crippen LogP contribution in [0.1, 0.15) is 0 Å². The van der Waals surface area contributed by atoms with Crippen LogP contribution < -0.4 is 0 Å². The number of phenols is 1. The maximum Gasteiger partial charge on any atom is 0.115 e. The summed E-state index contributed by atoms with van der Waals surface area (Å²) in [4.78, 5) is 2.59. The molecular weight excluding hydrogens is 296 g/mol. The third-order valence-corrected chi connectivity index (χ3v) is 4.89. The van der Waals surface area contributed by atoms with Gasteiger partial charge in [0, 0.05) is 9.79 Å². The van der Waals surface area contributed by atoms with Gasteiger partial charge >= 0.3 is 0 Å². The summed E-state index contributed by atoms with van der Waals surface area (Å²) in [5.41, 5.74) is 0. The van der Waals surface area contributed by atoms with Gasteiger partial charge in [0.25, 0.3) is 0 Å². The van der Waals surface area contributed by atoms with E-state index in [9.17, 15) is 0 Å². The third kappa shape index (κ3) is 6.43. The highest BCUT2D eigenvalue weighted by Gasteiger charge is 1.94. The normalized spacial score (nSPS) is 9.52. The summed E-state index contributed by atoms with van der Waals surface area (Å²) in [7, 11) is 3.58. The minimum Gasteiger partial charge on any atom is -0.508 e. The lowest BCUT2D eigenvalue weighted by Crippen LogP contribution is -1.67. The molecule has 0 saturated heterocycles. The minimum absolute atomic E-state index is 0.322. The van der Waals surface area contributed by atoms with Gasteiger partial charge in [0.05, 0.1) is 0 Å². The standard InChI is InChI=1S/C12H10S2.C6H6O/c1-3-7-11(8-4-1)13-14-12-9-5-2-6-10-12;7-6-4-2-1-3-5-6/h1-10H;1-5,7H. The first kappa shape index (κ1) is 15.5. The fourth-order valence-electron chi connectivity index (χ4n) is 1.48. The zero-order chi connectivity index (χ0) is 14.8. The monoisotopic (exact) mass is 312 g/mol. The van der Waals surface area contributed by atoms with Crippen LogP contribution in [-0.4, -0.2) is 5.11 Å². The third-order valence-electron chi connectivity index (χ3n) is 2.48. The first-order valence-corrected chi connectivity index (χ1v) is 8.68. The molecule has 1 nitrogen and oxygen atoms in total. The predicted octanol–water partition coefficient (Wildman–Crippen LogP) is 5.88. The molecule has 0 unspecified atom stereocenters. The first-order valence-electron chi connectivity index (χ1n) is 6.53. The van der Waals surface area contributed by atoms with E-state index in [1.54, 1.807) is 45.9 Å². The molecule has 0 spiro atoms. The number of hydrogen-bond acceptors (Lipinski definition) is 3. The largest absolute Gasteiger partial charge is 0.508 e. The maximum absolute atomic E-state index is 8.63. The molecule has 1 N–H and O–H groups in total. The van der Waals surface area contributed by atoms with Crippen LogP contribution in [0.25, 0.3) is 0 Å². The lowest BCUT2D eigenvalue weighted by Gasteiger charge is -1.99. The maximum atomic E-state index is 8.63. The van der Waals surface area contributed by atoms with Crippen LogP contribution in [0.15, 0.2) is 101 Å². The molecule has 21 heavy (non-hydrogen) atoms. The lowest BCUT2D eigenvalue weighted by molar-refractivity contribution is 0.475. The topological polar surface area (TPSA) is 20.2 Å². The van der Waals surface area contributed by atoms with Gasteiger partial charge in [-0.3, -0.25) is 0 Å². The molecule has 0 heterocycles. The van der Waals surface area contributed by atoms with Crippen molar-refractivity contribution in [2.24, 2.45) is 0 Å². The van der Waals surface area contributed by atoms with E-state index in [0.717, 1.165) is 0 Å². The van der Waals surface area contributed by atoms with Gasteiger partial charge in [-0.1, -0.05) is 76.2 Å². The second kappa shape index (κ2) is 9.16. The van der Waals surface area contributed by atoms with Crippen molar-refractivity contribution in [3.63, 3.8) is 0 Å². The molecule has 0 aliphatic rings. The summed E-state index contributed by atoms with van der Waals surface area (Å²) >= 11 is 0. The SMILES string of the molecule is Oc1ccccc1.c1ccc(SSc2ccccc2)cc1. The number of para-hydroxylation sites is 1. The van der Waals surface area contributed by atoms with Gasteiger partial charge in [-0.25, -0.2) is 0 Å². The number of hydrogen-bond donors (Lipinski definition) is 1. The zero-order valence-electron chi connectivity index (χ0n) is 11.4. The Morgan fingerprint density at radius 3 is 1.10 bits per heavy atom. The van der Waals surface area contributed by atoms with Crippen molar-refractivity contribution >= 4 is 21.6 Å². The number of benzene rings is 3. The highest BCUT2D eigenvalue weighted by atomic mass is 33.1. The Morgan fingerprint density at radius 2 is 0.810 bits per heavy atom. The minimum atomic E-state index is 0.322. The fourth-order valence-corrected chi connectivity index (χ4v) is 3.45. The molecule has 0 radical (unpaired) electrons. The van der Waals surface area contributed by atoms with E-state index >= 15 is 0 Å². The first-order chi connectivity index (χ1) is 10.3. The van der Waals surface area contributed by atoms with Crippen molar-refractivity contribution < 1.29 is 5.11 Å². The molecule has 106 valence electrons. The molecule has 0 atom stereocenters. The van der Waals surface area contributed by atoms with Crippen LogP contribution >= 0.6 is 21.6 Å². The average Bonchev–Trinajstić information content (AvgIpc) is 2.56. The Balaban J connectivity index is 0.000000194. The Kier molecular flexibility index (Phi) is 6.78. The van der Waals surface area contributed by atoms with Gasteiger partial charge in [0.1, 0.15) is 5.75 Å². The second-order valence-corrected chi connectivity index (χ2v) is 6.40. The molecule has 0 saturated carbocycles. The summed E-state index contributed by atoms with van der Waals surface area (Å²) in [5.74, 6) is 0.322. The fraction of sp³-hybridized carbons (Fsp3) is 0. The van der Waals surface area contributed by atoms with Crippen LogP contribution in [0.4, 0.5) is 0 Å². The summed E-state index contributed by atoms with van der Waals surface area (Å²) in [6, 6.07) is 29.5. The van der Waals surface area contributed by atoms with Gasteiger partial charge in [-0.2, -0.15) is 0 Å². The summed E-state index contributed by atoms with van der Waals surface area (Å²) < 4.78 is 0. The highest BCUT2D eigenvalue weighted by Crippen LogP contribution is 2.36. The molecule has 0 fully saturated rings. The Hall–Kier alpha value is -1.84. The van der Waals surface area contributed by atoms with Gasteiger partial charge in [-0.05, 0) is 36.4 Å². The molecule has 0 aromatic heterocycles. The Morgan fingerprint density at radius 1 is 0.476 bits per heavy atom. The van der Waals surface area contributed by atoms with Crippen LogP contribution in [0, 0.1) is 0 Å². The lowest BCUT2D eigenvalue weighted by atomic mass is 10.3. The summed E-state index contributed by atoms with van der Waals surface area (Å²) in [6.07, 6.45) is 0. The predicted molar refractivity (Wildman–Crippen MR) is 92.7 cm³/mol. The van der Waals surface area contributed by atoms with E-state index in [1.165, 1.54) is 9.79 Å². The van der Waals surface area contributed by atoms with Crippen LogP contribution in [-0.2, 0) is 0 Å². The molecule has 3 aromatic rings. The Bertz CT molecular complexity index is 573. The van der Waals surface area contributed by atoms with Crippen molar-refractivity contribution in [2.45, 2.75) is 9.79 Å². The molecule has 0 bridgehead atoms. The molecule has 0 aliphatic heterocycles. The molecule has 0 aliphatic carbocycles. The van der Waals surface area contributed by atoms with Gasteiger partial charge in [0.2, 0.25) is 0 Å². The highest BCUT2D eigenvalue weighted by molar-refractivity contribution is 8.76. The van der Waals surface area contributed by atoms with Crippen molar-refractivity contribution in [3.8, 4) is 5.75 Å². The van der Waals surface area contributed by atoms with Crippen LogP contribution in [0.3, 0.4) is 0 Å². The number of aromatic hydroxyl groups is 1. The van der Waals surface area contributed by atoms with E-state index < -0.39 is 0 Å². The van der Waals surface area contributed by atoms with Crippen molar-refractivity contribution in [1.29, 1.82) is 0 Å². The van der Waals surface area contributed by atoms with E-state index in [-0.39, 0.29) is 0 Å². The summed E-state index contributed by atoms with van der Waals surface area (Å²) in [5, 5.41) is 8.63. The Labute approximate surface area is 133 Å². The molecule has 3 rings (SSSR count). The molecule has 3 heteroatoms. The van der Waals surface area contributed by atoms with Gasteiger partial charge in [-0.15, -0.1) is 0 Å².